The fraction of sp³-hybridized carbons (Fsp3) is 0.691. The zero-order valence-electron chi connectivity index (χ0n) is 41.0. The molecule has 0 fully saturated rings. The van der Waals surface area contributed by atoms with E-state index in [9.17, 15) is 19.5 Å². The van der Waals surface area contributed by atoms with Crippen molar-refractivity contribution in [1.29, 1.82) is 0 Å². The number of aliphatic carboxylic acids is 1. The van der Waals surface area contributed by atoms with Crippen molar-refractivity contribution in [3.8, 4) is 0 Å². The minimum atomic E-state index is -1.13. The first kappa shape index (κ1) is 59.5. The van der Waals surface area contributed by atoms with Gasteiger partial charge in [0.2, 0.25) is 0 Å². The second kappa shape index (κ2) is 45.1. The van der Waals surface area contributed by atoms with E-state index in [1.807, 2.05) is 0 Å². The third-order valence-corrected chi connectivity index (χ3v) is 10.8. The summed E-state index contributed by atoms with van der Waals surface area (Å²) in [6.45, 7) is 4.41. The number of quaternary nitrogens is 1. The van der Waals surface area contributed by atoms with Crippen molar-refractivity contribution in [3.05, 3.63) is 85.1 Å². The van der Waals surface area contributed by atoms with Crippen LogP contribution in [0.1, 0.15) is 194 Å². The number of carboxylic acids is 1. The molecular weight excluding hydrogens is 787 g/mol. The molecule has 0 bridgehead atoms. The number of carbonyl (C=O) groups excluding carboxylic acids is 3. The second-order valence-electron chi connectivity index (χ2n) is 17.6. The molecule has 0 rings (SSSR count). The zero-order valence-corrected chi connectivity index (χ0v) is 41.0. The van der Waals surface area contributed by atoms with Crippen LogP contribution in [0.5, 0.6) is 0 Å². The molecule has 0 heterocycles. The van der Waals surface area contributed by atoms with Crippen molar-refractivity contribution >= 4 is 17.9 Å². The van der Waals surface area contributed by atoms with Gasteiger partial charge < -0.3 is 28.6 Å². The Kier molecular flexibility index (Phi) is 42.6. The highest BCUT2D eigenvalue weighted by Crippen LogP contribution is 2.15. The van der Waals surface area contributed by atoms with E-state index in [2.05, 4.69) is 98.9 Å². The Morgan fingerprint density at radius 2 is 0.841 bits per heavy atom. The zero-order chi connectivity index (χ0) is 46.3. The summed E-state index contributed by atoms with van der Waals surface area (Å²) in [4.78, 5) is 37.0. The van der Waals surface area contributed by atoms with E-state index < -0.39 is 18.1 Å². The van der Waals surface area contributed by atoms with Crippen molar-refractivity contribution in [2.75, 3.05) is 41.0 Å². The van der Waals surface area contributed by atoms with Crippen molar-refractivity contribution in [2.24, 2.45) is 0 Å². The fourth-order valence-electron chi connectivity index (χ4n) is 6.96. The molecule has 0 amide bonds. The molecule has 0 spiro atoms. The highest BCUT2D eigenvalue weighted by atomic mass is 16.6. The van der Waals surface area contributed by atoms with Gasteiger partial charge in [-0.3, -0.25) is 9.59 Å². The van der Waals surface area contributed by atoms with Gasteiger partial charge in [0.05, 0.1) is 40.3 Å². The van der Waals surface area contributed by atoms with Crippen LogP contribution in [0, 0.1) is 0 Å². The van der Waals surface area contributed by atoms with Crippen LogP contribution in [0.3, 0.4) is 0 Å². The van der Waals surface area contributed by atoms with E-state index in [-0.39, 0.29) is 42.7 Å². The lowest BCUT2D eigenvalue weighted by Crippen LogP contribution is -2.55. The van der Waals surface area contributed by atoms with Crippen LogP contribution in [0.25, 0.3) is 0 Å². The molecule has 0 saturated carbocycles. The minimum Gasteiger partial charge on any atom is -0.544 e. The van der Waals surface area contributed by atoms with E-state index >= 15 is 0 Å². The molecule has 8 nitrogen and oxygen atoms in total. The minimum absolute atomic E-state index is 0.0263. The van der Waals surface area contributed by atoms with Gasteiger partial charge in [0.25, 0.3) is 0 Å². The van der Waals surface area contributed by atoms with E-state index in [1.165, 1.54) is 70.6 Å². The molecule has 0 aliphatic rings. The molecule has 0 radical (unpaired) electrons. The van der Waals surface area contributed by atoms with Crippen molar-refractivity contribution in [3.63, 3.8) is 0 Å². The molecule has 2 unspecified atom stereocenters. The number of hydrogen-bond acceptors (Lipinski definition) is 7. The van der Waals surface area contributed by atoms with Gasteiger partial charge in [-0.15, -0.1) is 0 Å². The normalized spacial score (nSPS) is 13.6. The SMILES string of the molecule is CC/C=C/C/C=C/C/C=C/C/C=C/CCCCCC(=O)OCC(COCCC(C(=O)[O-])[N+](C)(C)C)OC(=O)CCCCCCCCCCCCCCC/C=C/C/C=C/C/C=C/CC. The number of likely N-dealkylation sites (N-methyl/N-ethyl adjacent to an activating group) is 1. The van der Waals surface area contributed by atoms with Crippen LogP contribution in [0.4, 0.5) is 0 Å². The number of esters is 2. The van der Waals surface area contributed by atoms with Crippen LogP contribution in [0.2, 0.25) is 0 Å². The lowest BCUT2D eigenvalue weighted by Gasteiger charge is -2.34. The highest BCUT2D eigenvalue weighted by molar-refractivity contribution is 5.70. The van der Waals surface area contributed by atoms with Crippen LogP contribution in [-0.4, -0.2) is 75.5 Å². The smallest absolute Gasteiger partial charge is 0.306 e. The highest BCUT2D eigenvalue weighted by Gasteiger charge is 2.25. The summed E-state index contributed by atoms with van der Waals surface area (Å²) < 4.78 is 17.2. The van der Waals surface area contributed by atoms with Crippen molar-refractivity contribution in [1.82, 2.24) is 0 Å². The summed E-state index contributed by atoms with van der Waals surface area (Å²) in [6.07, 6.45) is 59.0. The van der Waals surface area contributed by atoms with Gasteiger partial charge in [-0.25, -0.2) is 0 Å². The van der Waals surface area contributed by atoms with Gasteiger partial charge >= 0.3 is 11.9 Å². The fourth-order valence-corrected chi connectivity index (χ4v) is 6.96. The predicted molar refractivity (Wildman–Crippen MR) is 263 cm³/mol. The van der Waals surface area contributed by atoms with Crippen LogP contribution < -0.4 is 5.11 Å². The van der Waals surface area contributed by atoms with E-state index in [0.29, 0.717) is 12.8 Å². The first-order chi connectivity index (χ1) is 30.6. The molecule has 63 heavy (non-hydrogen) atoms. The van der Waals surface area contributed by atoms with Gasteiger partial charge in [-0.1, -0.05) is 176 Å². The Hall–Kier alpha value is -3.49. The lowest BCUT2D eigenvalue weighted by atomic mass is 10.0. The summed E-state index contributed by atoms with van der Waals surface area (Å²) in [5, 5.41) is 11.7. The molecular formula is C55H93NO7. The van der Waals surface area contributed by atoms with Crippen LogP contribution >= 0.6 is 0 Å². The maximum absolute atomic E-state index is 12.8. The first-order valence-electron chi connectivity index (χ1n) is 25.1. The number of hydrogen-bond donors (Lipinski definition) is 0. The average Bonchev–Trinajstić information content (AvgIpc) is 3.24. The summed E-state index contributed by atoms with van der Waals surface area (Å²) in [5.41, 5.74) is 0. The molecule has 2 atom stereocenters. The molecule has 0 saturated heterocycles. The third-order valence-electron chi connectivity index (χ3n) is 10.8. The second-order valence-corrected chi connectivity index (χ2v) is 17.6. The van der Waals surface area contributed by atoms with Gasteiger partial charge in [0, 0.05) is 19.3 Å². The third kappa shape index (κ3) is 43.5. The molecule has 0 N–H and O–H groups in total. The number of carboxylic acid groups (broad SMARTS) is 1. The summed E-state index contributed by atoms with van der Waals surface area (Å²) >= 11 is 0. The molecule has 0 aliphatic carbocycles. The van der Waals surface area contributed by atoms with E-state index in [0.717, 1.165) is 89.9 Å². The van der Waals surface area contributed by atoms with Gasteiger partial charge in [0.15, 0.2) is 6.10 Å². The molecule has 0 aliphatic heterocycles. The van der Waals surface area contributed by atoms with Crippen LogP contribution in [0.15, 0.2) is 85.1 Å². The van der Waals surface area contributed by atoms with Crippen LogP contribution in [-0.2, 0) is 28.6 Å². The monoisotopic (exact) mass is 880 g/mol. The number of nitrogens with zero attached hydrogens (tertiary/aromatic N) is 1. The standard InChI is InChI=1S/C55H93NO7/c1-6-8-10-12-14-16-18-20-22-24-25-26-27-28-29-30-32-34-36-38-40-42-44-46-54(58)63-51(49-61-48-47-52(55(59)60)56(3,4)5)50-62-53(57)45-43-41-39-37-35-33-31-23-21-19-17-15-13-11-9-7-2/h8-11,14-17,20-23,33,35,51-52H,6-7,12-13,18-19,24-32,34,36-50H2,1-5H3/b10-8+,11-9+,16-14+,17-15+,22-20+,23-21+,35-33+. The van der Waals surface area contributed by atoms with E-state index in [1.54, 1.807) is 21.1 Å². The maximum atomic E-state index is 12.8. The predicted octanol–water partition coefficient (Wildman–Crippen LogP) is 13.1. The quantitative estimate of drug-likeness (QED) is 0.0260. The van der Waals surface area contributed by atoms with Gasteiger partial charge in [-0.2, -0.15) is 0 Å². The van der Waals surface area contributed by atoms with Gasteiger partial charge in [-0.05, 0) is 83.5 Å². The topological polar surface area (TPSA) is 102 Å². The lowest BCUT2D eigenvalue weighted by molar-refractivity contribution is -0.889. The number of carbonyl (C=O) groups is 3. The largest absolute Gasteiger partial charge is 0.544 e. The first-order valence-corrected chi connectivity index (χ1v) is 25.1. The number of allylic oxidation sites excluding steroid dienone is 14. The Morgan fingerprint density at radius 1 is 0.476 bits per heavy atom. The summed E-state index contributed by atoms with van der Waals surface area (Å²) in [6, 6.07) is -0.735. The number of unbranched alkanes of at least 4 members (excludes halogenated alkanes) is 16. The maximum Gasteiger partial charge on any atom is 0.306 e. The average molecular weight is 880 g/mol. The molecule has 0 aromatic carbocycles. The molecule has 0 aromatic rings. The van der Waals surface area contributed by atoms with E-state index in [4.69, 9.17) is 14.2 Å². The van der Waals surface area contributed by atoms with Crippen molar-refractivity contribution < 1.29 is 38.2 Å². The Labute approximate surface area is 386 Å². The van der Waals surface area contributed by atoms with Gasteiger partial charge in [0.1, 0.15) is 12.6 Å². The van der Waals surface area contributed by atoms with Crippen molar-refractivity contribution in [2.45, 2.75) is 206 Å². The summed E-state index contributed by atoms with van der Waals surface area (Å²) in [5.74, 6) is -1.78. The Balaban J connectivity index is 4.27. The number of rotatable bonds is 44. The Morgan fingerprint density at radius 3 is 1.25 bits per heavy atom. The summed E-state index contributed by atoms with van der Waals surface area (Å²) in [7, 11) is 5.40. The number of ether oxygens (including phenoxy) is 3. The molecule has 8 heteroatoms. The molecule has 360 valence electrons. The Bertz CT molecular complexity index is 1300. The molecule has 0 aromatic heterocycles.